The monoisotopic (exact) mass is 321 g/mol. The normalized spacial score (nSPS) is 12.4. The van der Waals surface area contributed by atoms with E-state index in [0.29, 0.717) is 12.8 Å². The number of benzene rings is 1. The van der Waals surface area contributed by atoms with E-state index in [4.69, 9.17) is 10.8 Å². The topological polar surface area (TPSA) is 83.5 Å². The Morgan fingerprint density at radius 2 is 2.20 bits per heavy atom. The Kier molecular flexibility index (Phi) is 4.34. The summed E-state index contributed by atoms with van der Waals surface area (Å²) in [4.78, 5) is 10.5. The van der Waals surface area contributed by atoms with Crippen molar-refractivity contribution in [3.63, 3.8) is 0 Å². The van der Waals surface area contributed by atoms with Crippen LogP contribution in [0.1, 0.15) is 12.0 Å². The molecule has 1 aromatic rings. The van der Waals surface area contributed by atoms with Gasteiger partial charge in [0.15, 0.2) is 0 Å². The molecule has 1 rings (SSSR count). The van der Waals surface area contributed by atoms with Crippen molar-refractivity contribution in [2.45, 2.75) is 18.9 Å². The number of carboxylic acids is 1. The van der Waals surface area contributed by atoms with Gasteiger partial charge < -0.3 is 15.9 Å². The first kappa shape index (κ1) is 12.3. The van der Waals surface area contributed by atoms with Crippen LogP contribution in [0.4, 0.5) is 0 Å². The lowest BCUT2D eigenvalue weighted by atomic mass is 10.1. The summed E-state index contributed by atoms with van der Waals surface area (Å²) in [7, 11) is 0. The number of carbonyl (C=O) groups is 1. The summed E-state index contributed by atoms with van der Waals surface area (Å²) in [5.74, 6) is -0.745. The molecule has 15 heavy (non-hydrogen) atoms. The molecule has 0 spiro atoms. The van der Waals surface area contributed by atoms with Crippen LogP contribution in [-0.2, 0) is 11.2 Å². The number of aryl methyl sites for hydroxylation is 1. The van der Waals surface area contributed by atoms with Crippen LogP contribution < -0.4 is 5.73 Å². The molecule has 0 amide bonds. The fourth-order valence-corrected chi connectivity index (χ4v) is 1.73. The number of aliphatic carboxylic acids is 1. The fourth-order valence-electron chi connectivity index (χ4n) is 1.15. The van der Waals surface area contributed by atoms with Crippen LogP contribution in [0.15, 0.2) is 18.2 Å². The summed E-state index contributed by atoms with van der Waals surface area (Å²) in [5.41, 5.74) is 6.36. The summed E-state index contributed by atoms with van der Waals surface area (Å²) in [5, 5.41) is 17.9. The number of phenols is 1. The molecule has 0 aliphatic rings. The summed E-state index contributed by atoms with van der Waals surface area (Å²) >= 11 is 2.02. The smallest absolute Gasteiger partial charge is 0.320 e. The molecule has 0 heterocycles. The number of halogens is 1. The van der Waals surface area contributed by atoms with Gasteiger partial charge in [-0.3, -0.25) is 4.79 Å². The second-order valence-corrected chi connectivity index (χ2v) is 4.43. The van der Waals surface area contributed by atoms with Crippen molar-refractivity contribution in [2.24, 2.45) is 5.73 Å². The largest absolute Gasteiger partial charge is 0.507 e. The molecule has 82 valence electrons. The molecule has 0 fully saturated rings. The van der Waals surface area contributed by atoms with Crippen molar-refractivity contribution in [3.05, 3.63) is 27.3 Å². The van der Waals surface area contributed by atoms with E-state index in [2.05, 4.69) is 0 Å². The molecule has 0 aliphatic carbocycles. The van der Waals surface area contributed by atoms with Gasteiger partial charge in [0.05, 0.1) is 3.57 Å². The molecule has 0 radical (unpaired) electrons. The lowest BCUT2D eigenvalue weighted by Gasteiger charge is -2.06. The molecule has 0 aromatic heterocycles. The molecular weight excluding hydrogens is 309 g/mol. The Labute approximate surface area is 101 Å². The molecule has 0 unspecified atom stereocenters. The number of hydrogen-bond donors (Lipinski definition) is 3. The molecule has 1 aromatic carbocycles. The maximum Gasteiger partial charge on any atom is 0.320 e. The minimum absolute atomic E-state index is 0.238. The highest BCUT2D eigenvalue weighted by molar-refractivity contribution is 14.1. The van der Waals surface area contributed by atoms with Crippen molar-refractivity contribution in [1.82, 2.24) is 0 Å². The lowest BCUT2D eigenvalue weighted by molar-refractivity contribution is -0.138. The van der Waals surface area contributed by atoms with E-state index < -0.39 is 12.0 Å². The number of phenolic OH excluding ortho intramolecular Hbond substituents is 1. The van der Waals surface area contributed by atoms with Crippen molar-refractivity contribution in [2.75, 3.05) is 0 Å². The van der Waals surface area contributed by atoms with Gasteiger partial charge in [-0.1, -0.05) is 6.07 Å². The average Bonchev–Trinajstić information content (AvgIpc) is 2.19. The molecule has 5 heteroatoms. The van der Waals surface area contributed by atoms with Gasteiger partial charge in [0.1, 0.15) is 11.8 Å². The van der Waals surface area contributed by atoms with Gasteiger partial charge in [-0.25, -0.2) is 0 Å². The minimum Gasteiger partial charge on any atom is -0.507 e. The quantitative estimate of drug-likeness (QED) is 0.731. The second-order valence-electron chi connectivity index (χ2n) is 3.27. The van der Waals surface area contributed by atoms with Gasteiger partial charge >= 0.3 is 5.97 Å². The first-order valence-electron chi connectivity index (χ1n) is 4.46. The van der Waals surface area contributed by atoms with E-state index in [1.54, 1.807) is 12.1 Å². The highest BCUT2D eigenvalue weighted by atomic mass is 127. The third-order valence-corrected chi connectivity index (χ3v) is 2.94. The molecule has 4 N–H and O–H groups in total. The third-order valence-electron chi connectivity index (χ3n) is 2.07. The number of rotatable bonds is 4. The maximum absolute atomic E-state index is 10.5. The zero-order valence-corrected chi connectivity index (χ0v) is 10.1. The Hall–Kier alpha value is -0.820. The van der Waals surface area contributed by atoms with Crippen LogP contribution in [0, 0.1) is 3.57 Å². The summed E-state index contributed by atoms with van der Waals surface area (Å²) in [6.07, 6.45) is 1.000. The Bertz CT molecular complexity index is 368. The molecule has 0 saturated carbocycles. The molecule has 0 bridgehead atoms. The molecular formula is C10H12INO3. The van der Waals surface area contributed by atoms with Crippen molar-refractivity contribution >= 4 is 28.6 Å². The van der Waals surface area contributed by atoms with E-state index in [-0.39, 0.29) is 5.75 Å². The number of aromatic hydroxyl groups is 1. The van der Waals surface area contributed by atoms with Crippen LogP contribution in [0.5, 0.6) is 5.75 Å². The highest BCUT2D eigenvalue weighted by Crippen LogP contribution is 2.20. The van der Waals surface area contributed by atoms with E-state index in [0.717, 1.165) is 9.13 Å². The summed E-state index contributed by atoms with van der Waals surface area (Å²) in [6, 6.07) is 4.37. The fraction of sp³-hybridized carbons (Fsp3) is 0.300. The number of hydrogen-bond acceptors (Lipinski definition) is 3. The zero-order chi connectivity index (χ0) is 11.4. The number of nitrogens with two attached hydrogens (primary N) is 1. The van der Waals surface area contributed by atoms with Crippen LogP contribution in [0.25, 0.3) is 0 Å². The predicted molar refractivity (Wildman–Crippen MR) is 64.8 cm³/mol. The Balaban J connectivity index is 2.58. The third kappa shape index (κ3) is 3.67. The lowest BCUT2D eigenvalue weighted by Crippen LogP contribution is -2.30. The van der Waals surface area contributed by atoms with Gasteiger partial charge in [-0.15, -0.1) is 0 Å². The van der Waals surface area contributed by atoms with E-state index in [9.17, 15) is 9.90 Å². The predicted octanol–water partition coefficient (Wildman–Crippen LogP) is 1.34. The van der Waals surface area contributed by atoms with Crippen molar-refractivity contribution in [1.29, 1.82) is 0 Å². The van der Waals surface area contributed by atoms with E-state index >= 15 is 0 Å². The molecule has 0 aliphatic heterocycles. The summed E-state index contributed by atoms with van der Waals surface area (Å²) in [6.45, 7) is 0. The van der Waals surface area contributed by atoms with Crippen LogP contribution in [-0.4, -0.2) is 22.2 Å². The highest BCUT2D eigenvalue weighted by Gasteiger charge is 2.11. The van der Waals surface area contributed by atoms with E-state index in [1.165, 1.54) is 0 Å². The standard InChI is InChI=1S/C10H12INO3/c11-7-5-6(2-4-9(7)13)1-3-8(12)10(14)15/h2,4-5,8,13H,1,3,12H2,(H,14,15)/t8-/m0/s1. The van der Waals surface area contributed by atoms with Crippen molar-refractivity contribution < 1.29 is 15.0 Å². The molecule has 4 nitrogen and oxygen atoms in total. The van der Waals surface area contributed by atoms with Gasteiger partial charge in [0.25, 0.3) is 0 Å². The van der Waals surface area contributed by atoms with Gasteiger partial charge in [0.2, 0.25) is 0 Å². The zero-order valence-electron chi connectivity index (χ0n) is 7.98. The average molecular weight is 321 g/mol. The number of carboxylic acid groups (broad SMARTS) is 1. The molecule has 0 saturated heterocycles. The second kappa shape index (κ2) is 5.32. The molecule has 1 atom stereocenters. The van der Waals surface area contributed by atoms with Crippen LogP contribution in [0.3, 0.4) is 0 Å². The first-order valence-corrected chi connectivity index (χ1v) is 5.54. The SMILES string of the molecule is N[C@@H](CCc1ccc(O)c(I)c1)C(=O)O. The minimum atomic E-state index is -0.983. The summed E-state index contributed by atoms with van der Waals surface area (Å²) < 4.78 is 0.758. The van der Waals surface area contributed by atoms with Gasteiger partial charge in [0, 0.05) is 0 Å². The first-order chi connectivity index (χ1) is 7.00. The Morgan fingerprint density at radius 1 is 1.53 bits per heavy atom. The van der Waals surface area contributed by atoms with Crippen LogP contribution >= 0.6 is 22.6 Å². The maximum atomic E-state index is 10.5. The van der Waals surface area contributed by atoms with Crippen molar-refractivity contribution in [3.8, 4) is 5.75 Å². The Morgan fingerprint density at radius 3 is 2.73 bits per heavy atom. The van der Waals surface area contributed by atoms with Crippen LogP contribution in [0.2, 0.25) is 0 Å². The van der Waals surface area contributed by atoms with Gasteiger partial charge in [-0.2, -0.15) is 0 Å². The van der Waals surface area contributed by atoms with Gasteiger partial charge in [-0.05, 0) is 53.1 Å². The van der Waals surface area contributed by atoms with E-state index in [1.807, 2.05) is 28.7 Å².